The zero-order valence-corrected chi connectivity index (χ0v) is 52.3. The van der Waals surface area contributed by atoms with Crippen LogP contribution in [0.3, 0.4) is 0 Å². The highest BCUT2D eigenvalue weighted by atomic mass is 16.3. The highest BCUT2D eigenvalue weighted by Gasteiger charge is 2.21. The maximum Gasteiger partial charge on any atom is 0.136 e. The Morgan fingerprint density at radius 2 is 0.479 bits per heavy atom. The van der Waals surface area contributed by atoms with Gasteiger partial charge in [0.15, 0.2) is 0 Å². The number of hydrogen-bond donors (Lipinski definition) is 0. The molecule has 0 aliphatic heterocycles. The lowest BCUT2D eigenvalue weighted by molar-refractivity contribution is 0.669. The minimum absolute atomic E-state index is 0.914. The lowest BCUT2D eigenvalue weighted by Gasteiger charge is -2.18. The first-order chi connectivity index (χ1) is 47.6. The Morgan fingerprint density at radius 1 is 0.146 bits per heavy atom. The molecule has 0 saturated heterocycles. The summed E-state index contributed by atoms with van der Waals surface area (Å²) in [5, 5.41) is 22.2. The quantitative estimate of drug-likeness (QED) is 0.149. The van der Waals surface area contributed by atoms with Crippen molar-refractivity contribution in [1.82, 2.24) is 0 Å². The van der Waals surface area contributed by atoms with Gasteiger partial charge in [0.1, 0.15) is 22.3 Å². The normalized spacial score (nSPS) is 11.8. The summed E-state index contributed by atoms with van der Waals surface area (Å²) in [7, 11) is 0. The van der Waals surface area contributed by atoms with Crippen LogP contribution in [0.15, 0.2) is 361 Å². The molecule has 0 amide bonds. The summed E-state index contributed by atoms with van der Waals surface area (Å²) in [6.45, 7) is 0. The van der Waals surface area contributed by atoms with Gasteiger partial charge in [-0.15, -0.1) is 0 Å². The van der Waals surface area contributed by atoms with Crippen molar-refractivity contribution in [3.8, 4) is 77.9 Å². The van der Waals surface area contributed by atoms with E-state index < -0.39 is 0 Å². The largest absolute Gasteiger partial charge is 0.456 e. The molecule has 2 aromatic heterocycles. The molecular formula is C94H58O2. The predicted octanol–water partition coefficient (Wildman–Crippen LogP) is 26.9. The zero-order chi connectivity index (χ0) is 63.2. The van der Waals surface area contributed by atoms with Crippen LogP contribution in [0, 0.1) is 0 Å². The number of benzene rings is 18. The fourth-order valence-corrected chi connectivity index (χ4v) is 15.5. The molecule has 446 valence electrons. The average molecular weight is 1220 g/mol. The number of furan rings is 2. The van der Waals surface area contributed by atoms with Crippen LogP contribution in [-0.4, -0.2) is 0 Å². The maximum absolute atomic E-state index is 6.39. The summed E-state index contributed by atoms with van der Waals surface area (Å²) in [6.07, 6.45) is 0. The summed E-state index contributed by atoms with van der Waals surface area (Å²) >= 11 is 0. The molecule has 0 atom stereocenters. The van der Waals surface area contributed by atoms with Crippen LogP contribution in [-0.2, 0) is 0 Å². The topological polar surface area (TPSA) is 26.3 Å². The van der Waals surface area contributed by atoms with Gasteiger partial charge in [-0.05, 0) is 190 Å². The Balaban J connectivity index is 0.000000135. The first kappa shape index (κ1) is 55.1. The molecule has 0 radical (unpaired) electrons. The molecule has 0 fully saturated rings. The van der Waals surface area contributed by atoms with Gasteiger partial charge in [0, 0.05) is 21.5 Å². The molecule has 96 heavy (non-hydrogen) atoms. The van der Waals surface area contributed by atoms with E-state index >= 15 is 0 Å². The van der Waals surface area contributed by atoms with Gasteiger partial charge in [0.05, 0.1) is 0 Å². The smallest absolute Gasteiger partial charge is 0.136 e. The molecule has 0 unspecified atom stereocenters. The van der Waals surface area contributed by atoms with Crippen LogP contribution in [0.25, 0.3) is 197 Å². The Morgan fingerprint density at radius 3 is 1.00 bits per heavy atom. The van der Waals surface area contributed by atoms with Crippen molar-refractivity contribution in [2.75, 3.05) is 0 Å². The van der Waals surface area contributed by atoms with Crippen LogP contribution < -0.4 is 0 Å². The van der Waals surface area contributed by atoms with Gasteiger partial charge in [-0.2, -0.15) is 0 Å². The van der Waals surface area contributed by atoms with Crippen molar-refractivity contribution < 1.29 is 8.83 Å². The van der Waals surface area contributed by atoms with E-state index in [-0.39, 0.29) is 0 Å². The molecule has 0 aliphatic rings. The van der Waals surface area contributed by atoms with Gasteiger partial charge in [-0.1, -0.05) is 315 Å². The van der Waals surface area contributed by atoms with E-state index in [4.69, 9.17) is 8.83 Å². The van der Waals surface area contributed by atoms with E-state index in [0.29, 0.717) is 0 Å². The van der Waals surface area contributed by atoms with Crippen molar-refractivity contribution in [2.45, 2.75) is 0 Å². The number of hydrogen-bond acceptors (Lipinski definition) is 2. The first-order valence-electron chi connectivity index (χ1n) is 33.0. The zero-order valence-electron chi connectivity index (χ0n) is 52.3. The summed E-state index contributed by atoms with van der Waals surface area (Å²) in [5.74, 6) is 0. The van der Waals surface area contributed by atoms with E-state index in [2.05, 4.69) is 352 Å². The highest BCUT2D eigenvalue weighted by Crippen LogP contribution is 2.48. The molecule has 0 aliphatic carbocycles. The Labute approximate surface area is 554 Å². The van der Waals surface area contributed by atoms with Gasteiger partial charge >= 0.3 is 0 Å². The monoisotopic (exact) mass is 1220 g/mol. The average Bonchev–Trinajstić information content (AvgIpc) is 0.783. The van der Waals surface area contributed by atoms with Crippen molar-refractivity contribution >= 4 is 119 Å². The molecule has 20 rings (SSSR count). The molecular weight excluding hydrogens is 1160 g/mol. The Kier molecular flexibility index (Phi) is 13.0. The van der Waals surface area contributed by atoms with Crippen molar-refractivity contribution in [1.29, 1.82) is 0 Å². The van der Waals surface area contributed by atoms with Crippen LogP contribution in [0.5, 0.6) is 0 Å². The number of fused-ring (bicyclic) bond motifs is 15. The van der Waals surface area contributed by atoms with Gasteiger partial charge in [0.2, 0.25) is 0 Å². The minimum Gasteiger partial charge on any atom is -0.456 e. The summed E-state index contributed by atoms with van der Waals surface area (Å²) < 4.78 is 12.7. The van der Waals surface area contributed by atoms with Crippen molar-refractivity contribution in [3.05, 3.63) is 352 Å². The molecule has 0 spiro atoms. The second-order valence-corrected chi connectivity index (χ2v) is 25.3. The van der Waals surface area contributed by atoms with Gasteiger partial charge in [0.25, 0.3) is 0 Å². The fraction of sp³-hybridized carbons (Fsp3) is 0. The van der Waals surface area contributed by atoms with Gasteiger partial charge in [-0.3, -0.25) is 0 Å². The minimum atomic E-state index is 0.914. The van der Waals surface area contributed by atoms with E-state index in [1.807, 2.05) is 0 Å². The SMILES string of the molecule is c1ccc(-c2ccc(-c3c4ccccc4c(-c4ccc(-c5cccc6oc7ccc8ccccc8c7c56)cc4)c4ccccc34)cc2)cc1.c1ccc2cc(-c3c4ccccc4c(-c4ccc(-c5ccc6oc7ccc8ccccc8c7c6c5)cc4)c4ccccc34)ccc2c1. The molecule has 0 bridgehead atoms. The number of rotatable bonds is 7. The van der Waals surface area contributed by atoms with Crippen LogP contribution in [0.4, 0.5) is 0 Å². The second kappa shape index (κ2) is 22.6. The first-order valence-corrected chi connectivity index (χ1v) is 33.0. The second-order valence-electron chi connectivity index (χ2n) is 25.3. The standard InChI is InChI=1S/C48H30O.C46H28O/c1-2-11-31(12-3-1)32-21-25-35(26-22-32)45-39-15-6-8-17-41(39)46(42-18-9-7-16-40(42)45)36-27-23-34(24-28-36)38-19-10-20-43-47(38)48-37-14-5-4-13-33(37)29-30-44(48)49-43;1-2-11-33-27-35(22-19-29(33)9-1)45-39-15-7-5-13-37(39)44(38-14-6-8-16-40(38)45)32-20-17-30(18-21-32)34-24-25-42-41(28-34)46-36-12-4-3-10-31(36)23-26-43(46)47-42/h1-30H;1-28H. The van der Waals surface area contributed by atoms with Crippen LogP contribution in [0.2, 0.25) is 0 Å². The Hall–Kier alpha value is -12.6. The van der Waals surface area contributed by atoms with E-state index in [0.717, 1.165) is 27.7 Å². The van der Waals surface area contributed by atoms with E-state index in [1.54, 1.807) is 0 Å². The predicted molar refractivity (Wildman–Crippen MR) is 408 cm³/mol. The molecule has 18 aromatic carbocycles. The molecule has 20 aromatic rings. The summed E-state index contributed by atoms with van der Waals surface area (Å²) in [4.78, 5) is 0. The lowest BCUT2D eigenvalue weighted by Crippen LogP contribution is -1.91. The summed E-state index contributed by atoms with van der Waals surface area (Å²) in [5.41, 5.74) is 20.8. The molecule has 2 heterocycles. The third-order valence-electron chi connectivity index (χ3n) is 19.9. The molecule has 0 saturated carbocycles. The fourth-order valence-electron chi connectivity index (χ4n) is 15.5. The third-order valence-corrected chi connectivity index (χ3v) is 19.9. The lowest BCUT2D eigenvalue weighted by atomic mass is 9.85. The van der Waals surface area contributed by atoms with Crippen molar-refractivity contribution in [2.24, 2.45) is 0 Å². The molecule has 2 nitrogen and oxygen atoms in total. The van der Waals surface area contributed by atoms with E-state index in [9.17, 15) is 0 Å². The van der Waals surface area contributed by atoms with Crippen LogP contribution >= 0.6 is 0 Å². The molecule has 2 heteroatoms. The highest BCUT2D eigenvalue weighted by molar-refractivity contribution is 6.25. The van der Waals surface area contributed by atoms with Crippen LogP contribution in [0.1, 0.15) is 0 Å². The third kappa shape index (κ3) is 9.10. The van der Waals surface area contributed by atoms with Gasteiger partial charge < -0.3 is 8.83 Å². The van der Waals surface area contributed by atoms with Crippen molar-refractivity contribution in [3.63, 3.8) is 0 Å². The summed E-state index contributed by atoms with van der Waals surface area (Å²) in [6, 6.07) is 127. The van der Waals surface area contributed by atoms with Gasteiger partial charge in [-0.25, -0.2) is 0 Å². The Bertz CT molecular complexity index is 6350. The molecule has 0 N–H and O–H groups in total. The van der Waals surface area contributed by atoms with E-state index in [1.165, 1.54) is 169 Å². The maximum atomic E-state index is 6.39.